The van der Waals surface area contributed by atoms with Crippen LogP contribution in [0.5, 0.6) is 11.5 Å². The van der Waals surface area contributed by atoms with Crippen LogP contribution in [0.1, 0.15) is 33.2 Å². The fraction of sp³-hybridized carbons (Fsp3) is 0.238. The zero-order valence-electron chi connectivity index (χ0n) is 15.9. The first-order chi connectivity index (χ1) is 14.0. The predicted octanol–water partition coefficient (Wildman–Crippen LogP) is 3.49. The highest BCUT2D eigenvalue weighted by atomic mass is 19.1. The average Bonchev–Trinajstić information content (AvgIpc) is 3.22. The molecule has 150 valence electrons. The lowest BCUT2D eigenvalue weighted by molar-refractivity contribution is 0.0716. The van der Waals surface area contributed by atoms with E-state index in [4.69, 9.17) is 9.47 Å². The number of amides is 1. The number of ether oxygens (including phenoxy) is 2. The van der Waals surface area contributed by atoms with Gasteiger partial charge in [0, 0.05) is 12.5 Å². The van der Waals surface area contributed by atoms with Gasteiger partial charge in [0.25, 0.3) is 5.91 Å². The Morgan fingerprint density at radius 3 is 2.59 bits per heavy atom. The molecule has 3 aromatic rings. The highest BCUT2D eigenvalue weighted by Crippen LogP contribution is 2.34. The molecule has 1 aliphatic rings. The van der Waals surface area contributed by atoms with Gasteiger partial charge in [-0.15, -0.1) is 0 Å². The molecule has 0 bridgehead atoms. The number of halogens is 2. The number of carbonyl (C=O) groups is 1. The van der Waals surface area contributed by atoms with E-state index in [9.17, 15) is 13.6 Å². The molecule has 0 spiro atoms. The van der Waals surface area contributed by atoms with Crippen LogP contribution in [0.2, 0.25) is 0 Å². The smallest absolute Gasteiger partial charge is 0.257 e. The number of hydrogen-bond donors (Lipinski definition) is 1. The molecule has 1 aliphatic heterocycles. The van der Waals surface area contributed by atoms with E-state index in [2.05, 4.69) is 9.97 Å². The van der Waals surface area contributed by atoms with E-state index in [1.165, 1.54) is 4.90 Å². The Morgan fingerprint density at radius 1 is 1.14 bits per heavy atom. The third-order valence-corrected chi connectivity index (χ3v) is 5.12. The van der Waals surface area contributed by atoms with Crippen LogP contribution in [-0.2, 0) is 6.54 Å². The molecular weight excluding hydrogens is 380 g/mol. The van der Waals surface area contributed by atoms with Gasteiger partial charge in [0.05, 0.1) is 44.0 Å². The number of nitrogens with zero attached hydrogens (tertiary/aromatic N) is 2. The molecule has 0 saturated heterocycles. The normalized spacial score (nSPS) is 15.7. The number of hydrogen-bond acceptors (Lipinski definition) is 4. The third kappa shape index (κ3) is 3.30. The number of nitrogens with one attached hydrogen (secondary N) is 1. The van der Waals surface area contributed by atoms with E-state index in [-0.39, 0.29) is 18.0 Å². The van der Waals surface area contributed by atoms with Gasteiger partial charge < -0.3 is 19.4 Å². The second kappa shape index (κ2) is 7.54. The summed E-state index contributed by atoms with van der Waals surface area (Å²) in [5.74, 6) is -2.44. The van der Waals surface area contributed by atoms with E-state index in [0.29, 0.717) is 6.54 Å². The van der Waals surface area contributed by atoms with Crippen molar-refractivity contribution in [3.05, 3.63) is 76.9 Å². The van der Waals surface area contributed by atoms with Crippen LogP contribution in [0.3, 0.4) is 0 Å². The molecule has 6 nitrogen and oxygen atoms in total. The number of rotatable bonds is 4. The Bertz CT molecular complexity index is 1050. The molecule has 1 atom stereocenters. The number of aromatic amines is 1. The fourth-order valence-electron chi connectivity index (χ4n) is 3.63. The fourth-order valence-corrected chi connectivity index (χ4v) is 3.63. The van der Waals surface area contributed by atoms with Gasteiger partial charge in [0.15, 0.2) is 17.4 Å². The highest BCUT2D eigenvalue weighted by Gasteiger charge is 2.33. The average molecular weight is 399 g/mol. The van der Waals surface area contributed by atoms with Crippen molar-refractivity contribution in [1.82, 2.24) is 14.9 Å². The van der Waals surface area contributed by atoms with Gasteiger partial charge >= 0.3 is 0 Å². The Kier molecular flexibility index (Phi) is 4.92. The molecule has 1 amide bonds. The van der Waals surface area contributed by atoms with Crippen molar-refractivity contribution >= 4 is 5.91 Å². The number of carbonyl (C=O) groups excluding carboxylic acids is 1. The van der Waals surface area contributed by atoms with Crippen molar-refractivity contribution in [2.75, 3.05) is 20.8 Å². The Hall–Kier alpha value is -3.42. The number of methoxy groups -OCH3 is 2. The first kappa shape index (κ1) is 18.9. The van der Waals surface area contributed by atoms with E-state index in [1.54, 1.807) is 13.4 Å². The lowest BCUT2D eigenvalue weighted by Gasteiger charge is -2.32. The van der Waals surface area contributed by atoms with Crippen molar-refractivity contribution < 1.29 is 23.0 Å². The van der Waals surface area contributed by atoms with Crippen LogP contribution < -0.4 is 9.47 Å². The third-order valence-electron chi connectivity index (χ3n) is 5.12. The van der Waals surface area contributed by atoms with Gasteiger partial charge in [-0.1, -0.05) is 12.1 Å². The summed E-state index contributed by atoms with van der Waals surface area (Å²) >= 11 is 0. The summed E-state index contributed by atoms with van der Waals surface area (Å²) in [6.45, 7) is 0.558. The van der Waals surface area contributed by atoms with Crippen LogP contribution in [0.15, 0.2) is 42.7 Å². The molecule has 1 unspecified atom stereocenters. The predicted molar refractivity (Wildman–Crippen MR) is 101 cm³/mol. The van der Waals surface area contributed by atoms with Crippen molar-refractivity contribution in [2.24, 2.45) is 0 Å². The van der Waals surface area contributed by atoms with Gasteiger partial charge in [0.1, 0.15) is 5.75 Å². The maximum Gasteiger partial charge on any atom is 0.257 e. The summed E-state index contributed by atoms with van der Waals surface area (Å²) in [5.41, 5.74) is 2.34. The second-order valence-electron chi connectivity index (χ2n) is 6.72. The molecule has 0 saturated carbocycles. The molecule has 8 heteroatoms. The second-order valence-corrected chi connectivity index (χ2v) is 6.72. The van der Waals surface area contributed by atoms with Gasteiger partial charge in [0.2, 0.25) is 0 Å². The largest absolute Gasteiger partial charge is 0.497 e. The van der Waals surface area contributed by atoms with Crippen molar-refractivity contribution in [3.8, 4) is 11.5 Å². The SMILES string of the molecule is COc1ccc(C2CN(C(=O)c3ccc(F)c(OC)c3F)Cc3[nH]cnc32)cc1. The Morgan fingerprint density at radius 2 is 1.90 bits per heavy atom. The summed E-state index contributed by atoms with van der Waals surface area (Å²) in [4.78, 5) is 22.0. The van der Waals surface area contributed by atoms with E-state index in [1.807, 2.05) is 24.3 Å². The number of benzene rings is 2. The molecule has 1 aromatic heterocycles. The Balaban J connectivity index is 1.68. The maximum atomic E-state index is 14.6. The number of H-pyrrole nitrogens is 1. The summed E-state index contributed by atoms with van der Waals surface area (Å²) < 4.78 is 38.3. The zero-order valence-corrected chi connectivity index (χ0v) is 15.9. The van der Waals surface area contributed by atoms with Crippen LogP contribution in [0, 0.1) is 11.6 Å². The first-order valence-corrected chi connectivity index (χ1v) is 9.00. The summed E-state index contributed by atoms with van der Waals surface area (Å²) in [6.07, 6.45) is 1.58. The monoisotopic (exact) mass is 399 g/mol. The topological polar surface area (TPSA) is 67.4 Å². The minimum Gasteiger partial charge on any atom is -0.497 e. The summed E-state index contributed by atoms with van der Waals surface area (Å²) in [5, 5.41) is 0. The molecule has 29 heavy (non-hydrogen) atoms. The van der Waals surface area contributed by atoms with Gasteiger partial charge in [-0.3, -0.25) is 4.79 Å². The molecule has 4 rings (SSSR count). The summed E-state index contributed by atoms with van der Waals surface area (Å²) in [7, 11) is 2.75. The van der Waals surface area contributed by atoms with E-state index in [0.717, 1.165) is 41.9 Å². The van der Waals surface area contributed by atoms with E-state index >= 15 is 0 Å². The lowest BCUT2D eigenvalue weighted by Crippen LogP contribution is -2.39. The van der Waals surface area contributed by atoms with Crippen molar-refractivity contribution in [1.29, 1.82) is 0 Å². The maximum absolute atomic E-state index is 14.6. The number of aromatic nitrogens is 2. The first-order valence-electron chi connectivity index (χ1n) is 9.00. The van der Waals surface area contributed by atoms with Gasteiger partial charge in [-0.2, -0.15) is 0 Å². The number of fused-ring (bicyclic) bond motifs is 1. The standard InChI is InChI=1S/C21H19F2N3O3/c1-28-13-5-3-12(4-6-13)15-9-26(10-17-19(15)25-11-24-17)21(27)14-7-8-16(22)20(29-2)18(14)23/h3-8,11,15H,9-10H2,1-2H3,(H,24,25). The molecule has 2 aromatic carbocycles. The van der Waals surface area contributed by atoms with Crippen LogP contribution >= 0.6 is 0 Å². The van der Waals surface area contributed by atoms with Crippen LogP contribution in [-0.4, -0.2) is 41.5 Å². The van der Waals surface area contributed by atoms with Crippen molar-refractivity contribution in [3.63, 3.8) is 0 Å². The molecule has 2 heterocycles. The molecule has 0 fully saturated rings. The van der Waals surface area contributed by atoms with Crippen LogP contribution in [0.4, 0.5) is 8.78 Å². The molecule has 0 aliphatic carbocycles. The van der Waals surface area contributed by atoms with Crippen molar-refractivity contribution in [2.45, 2.75) is 12.5 Å². The minimum atomic E-state index is -1.01. The number of imidazole rings is 1. The zero-order chi connectivity index (χ0) is 20.5. The van der Waals surface area contributed by atoms with E-state index < -0.39 is 23.3 Å². The lowest BCUT2D eigenvalue weighted by atomic mass is 9.90. The minimum absolute atomic E-state index is 0.190. The molecular formula is C21H19F2N3O3. The Labute approximate surface area is 166 Å². The van der Waals surface area contributed by atoms with Gasteiger partial charge in [-0.25, -0.2) is 13.8 Å². The quantitative estimate of drug-likeness (QED) is 0.729. The summed E-state index contributed by atoms with van der Waals surface area (Å²) in [6, 6.07) is 9.68. The molecule has 0 radical (unpaired) electrons. The highest BCUT2D eigenvalue weighted by molar-refractivity contribution is 5.95. The molecule has 1 N–H and O–H groups in total. The van der Waals surface area contributed by atoms with Gasteiger partial charge in [-0.05, 0) is 29.8 Å². The van der Waals surface area contributed by atoms with Crippen LogP contribution in [0.25, 0.3) is 0 Å².